The van der Waals surface area contributed by atoms with Crippen LogP contribution >= 0.6 is 0 Å². The molecule has 0 bridgehead atoms. The molecule has 2 fully saturated rings. The van der Waals surface area contributed by atoms with Crippen LogP contribution in [0.1, 0.15) is 30.3 Å². The van der Waals surface area contributed by atoms with Crippen molar-refractivity contribution in [2.45, 2.75) is 25.8 Å². The Bertz CT molecular complexity index is 803. The van der Waals surface area contributed by atoms with Crippen LogP contribution in [0.2, 0.25) is 0 Å². The van der Waals surface area contributed by atoms with E-state index in [9.17, 15) is 18.0 Å². The normalized spacial score (nSPS) is 22.5. The summed E-state index contributed by atoms with van der Waals surface area (Å²) in [5.41, 5.74) is 0. The van der Waals surface area contributed by atoms with Crippen molar-refractivity contribution in [3.05, 3.63) is 24.2 Å². The minimum atomic E-state index is -3.21. The summed E-state index contributed by atoms with van der Waals surface area (Å²) in [7, 11) is -3.21. The SMILES string of the molecule is CC(C(=O)N1CCN(C(=O)c2ccco2)CC1)N1CCCC(CNS(C)(=O)=O)C1. The number of piperazine rings is 1. The summed E-state index contributed by atoms with van der Waals surface area (Å²) in [4.78, 5) is 31.0. The summed E-state index contributed by atoms with van der Waals surface area (Å²) in [5.74, 6) is 0.441. The second-order valence-corrected chi connectivity index (χ2v) is 9.73. The molecule has 1 N–H and O–H groups in total. The zero-order chi connectivity index (χ0) is 21.0. The monoisotopic (exact) mass is 426 g/mol. The summed E-state index contributed by atoms with van der Waals surface area (Å²) in [6.07, 6.45) is 4.54. The molecule has 1 aromatic rings. The molecule has 162 valence electrons. The zero-order valence-corrected chi connectivity index (χ0v) is 17.9. The van der Waals surface area contributed by atoms with Crippen molar-refractivity contribution in [3.8, 4) is 0 Å². The molecule has 2 aliphatic heterocycles. The van der Waals surface area contributed by atoms with Crippen molar-refractivity contribution in [1.29, 1.82) is 0 Å². The van der Waals surface area contributed by atoms with E-state index < -0.39 is 10.0 Å². The Kier molecular flexibility index (Phi) is 6.97. The molecule has 3 heterocycles. The Labute approximate surface area is 172 Å². The lowest BCUT2D eigenvalue weighted by Gasteiger charge is -2.40. The average Bonchev–Trinajstić information content (AvgIpc) is 3.25. The van der Waals surface area contributed by atoms with Gasteiger partial charge in [-0.25, -0.2) is 13.1 Å². The first kappa shape index (κ1) is 21.8. The standard InChI is InChI=1S/C19H30N4O5S/c1-15(23-7-3-5-16(14-23)13-20-29(2,26)27)18(24)21-8-10-22(11-9-21)19(25)17-6-4-12-28-17/h4,6,12,15-16,20H,3,5,7-11,13-14H2,1-2H3. The largest absolute Gasteiger partial charge is 0.459 e. The second-order valence-electron chi connectivity index (χ2n) is 7.89. The topological polar surface area (TPSA) is 103 Å². The van der Waals surface area contributed by atoms with Crippen LogP contribution in [0.15, 0.2) is 22.8 Å². The van der Waals surface area contributed by atoms with Gasteiger partial charge in [0.2, 0.25) is 15.9 Å². The van der Waals surface area contributed by atoms with Gasteiger partial charge in [0.1, 0.15) is 0 Å². The smallest absolute Gasteiger partial charge is 0.289 e. The highest BCUT2D eigenvalue weighted by molar-refractivity contribution is 7.88. The number of hydrogen-bond donors (Lipinski definition) is 1. The minimum Gasteiger partial charge on any atom is -0.459 e. The van der Waals surface area contributed by atoms with Gasteiger partial charge in [-0.2, -0.15) is 0 Å². The molecule has 2 saturated heterocycles. The molecule has 2 atom stereocenters. The third-order valence-corrected chi connectivity index (χ3v) is 6.39. The maximum atomic E-state index is 13.0. The molecular formula is C19H30N4O5S. The highest BCUT2D eigenvalue weighted by Crippen LogP contribution is 2.20. The van der Waals surface area contributed by atoms with Crippen molar-refractivity contribution >= 4 is 21.8 Å². The number of likely N-dealkylation sites (tertiary alicyclic amines) is 1. The third-order valence-electron chi connectivity index (χ3n) is 5.70. The summed E-state index contributed by atoms with van der Waals surface area (Å²) < 4.78 is 30.4. The van der Waals surface area contributed by atoms with E-state index in [-0.39, 0.29) is 23.8 Å². The van der Waals surface area contributed by atoms with Gasteiger partial charge in [-0.1, -0.05) is 0 Å². The Morgan fingerprint density at radius 3 is 2.52 bits per heavy atom. The van der Waals surface area contributed by atoms with Crippen LogP contribution in [0.25, 0.3) is 0 Å². The van der Waals surface area contributed by atoms with Crippen molar-refractivity contribution in [2.24, 2.45) is 5.92 Å². The summed E-state index contributed by atoms with van der Waals surface area (Å²) in [6, 6.07) is 3.07. The fourth-order valence-electron chi connectivity index (χ4n) is 3.99. The van der Waals surface area contributed by atoms with E-state index in [1.165, 1.54) is 6.26 Å². The number of sulfonamides is 1. The molecule has 2 unspecified atom stereocenters. The average molecular weight is 427 g/mol. The first-order chi connectivity index (χ1) is 13.7. The van der Waals surface area contributed by atoms with Gasteiger partial charge in [0.25, 0.3) is 5.91 Å². The van der Waals surface area contributed by atoms with Gasteiger partial charge in [-0.3, -0.25) is 14.5 Å². The summed E-state index contributed by atoms with van der Waals surface area (Å²) >= 11 is 0. The van der Waals surface area contributed by atoms with Gasteiger partial charge in [0.15, 0.2) is 5.76 Å². The Hall–Kier alpha value is -1.91. The van der Waals surface area contributed by atoms with E-state index in [0.29, 0.717) is 45.0 Å². The Morgan fingerprint density at radius 1 is 1.21 bits per heavy atom. The van der Waals surface area contributed by atoms with Crippen molar-refractivity contribution in [1.82, 2.24) is 19.4 Å². The highest BCUT2D eigenvalue weighted by atomic mass is 32.2. The lowest BCUT2D eigenvalue weighted by atomic mass is 9.97. The Balaban J connectivity index is 1.49. The van der Waals surface area contributed by atoms with Gasteiger partial charge in [0, 0.05) is 39.3 Å². The number of carbonyl (C=O) groups is 2. The summed E-state index contributed by atoms with van der Waals surface area (Å²) in [5, 5.41) is 0. The molecule has 0 spiro atoms. The molecule has 9 nitrogen and oxygen atoms in total. The molecule has 1 aromatic heterocycles. The van der Waals surface area contributed by atoms with Crippen LogP contribution in [-0.2, 0) is 14.8 Å². The number of hydrogen-bond acceptors (Lipinski definition) is 6. The van der Waals surface area contributed by atoms with Crippen LogP contribution in [-0.4, -0.2) is 93.0 Å². The predicted molar refractivity (Wildman–Crippen MR) is 108 cm³/mol. The highest BCUT2D eigenvalue weighted by Gasteiger charge is 2.32. The molecule has 0 aromatic carbocycles. The molecule has 29 heavy (non-hydrogen) atoms. The van der Waals surface area contributed by atoms with E-state index >= 15 is 0 Å². The van der Waals surface area contributed by atoms with Crippen LogP contribution in [0.4, 0.5) is 0 Å². The Morgan fingerprint density at radius 2 is 1.90 bits per heavy atom. The maximum absolute atomic E-state index is 13.0. The number of amides is 2. The van der Waals surface area contributed by atoms with E-state index in [4.69, 9.17) is 4.42 Å². The predicted octanol–water partition coefficient (Wildman–Crippen LogP) is 0.214. The quantitative estimate of drug-likeness (QED) is 0.698. The molecule has 3 rings (SSSR count). The van der Waals surface area contributed by atoms with Gasteiger partial charge >= 0.3 is 0 Å². The van der Waals surface area contributed by atoms with E-state index in [2.05, 4.69) is 9.62 Å². The number of nitrogens with one attached hydrogen (secondary N) is 1. The van der Waals surface area contributed by atoms with Gasteiger partial charge in [0.05, 0.1) is 18.6 Å². The number of piperidine rings is 1. The number of furan rings is 1. The third kappa shape index (κ3) is 5.80. The zero-order valence-electron chi connectivity index (χ0n) is 17.0. The molecule has 10 heteroatoms. The molecule has 0 saturated carbocycles. The second kappa shape index (κ2) is 9.27. The van der Waals surface area contributed by atoms with Gasteiger partial charge < -0.3 is 14.2 Å². The lowest BCUT2D eigenvalue weighted by Crippen LogP contribution is -2.56. The fourth-order valence-corrected chi connectivity index (χ4v) is 4.53. The fraction of sp³-hybridized carbons (Fsp3) is 0.684. The number of carbonyl (C=O) groups excluding carboxylic acids is 2. The molecule has 2 aliphatic rings. The first-order valence-electron chi connectivity index (χ1n) is 10.0. The van der Waals surface area contributed by atoms with E-state index in [1.54, 1.807) is 17.0 Å². The molecular weight excluding hydrogens is 396 g/mol. The van der Waals surface area contributed by atoms with Crippen LogP contribution in [0.3, 0.4) is 0 Å². The lowest BCUT2D eigenvalue weighted by molar-refractivity contribution is -0.138. The van der Waals surface area contributed by atoms with Gasteiger partial charge in [-0.05, 0) is 44.4 Å². The van der Waals surface area contributed by atoms with E-state index in [0.717, 1.165) is 25.6 Å². The van der Waals surface area contributed by atoms with Crippen LogP contribution in [0, 0.1) is 5.92 Å². The maximum Gasteiger partial charge on any atom is 0.289 e. The van der Waals surface area contributed by atoms with Gasteiger partial charge in [-0.15, -0.1) is 0 Å². The van der Waals surface area contributed by atoms with Crippen LogP contribution in [0.5, 0.6) is 0 Å². The summed E-state index contributed by atoms with van der Waals surface area (Å²) in [6.45, 7) is 5.83. The number of nitrogens with zero attached hydrogens (tertiary/aromatic N) is 3. The van der Waals surface area contributed by atoms with Crippen LogP contribution < -0.4 is 4.72 Å². The number of rotatable bonds is 6. The molecule has 2 amide bonds. The van der Waals surface area contributed by atoms with Crippen molar-refractivity contribution in [3.63, 3.8) is 0 Å². The van der Waals surface area contributed by atoms with E-state index in [1.807, 2.05) is 11.8 Å². The minimum absolute atomic E-state index is 0.0619. The van der Waals surface area contributed by atoms with Crippen molar-refractivity contribution in [2.75, 3.05) is 52.1 Å². The molecule has 0 aliphatic carbocycles. The van der Waals surface area contributed by atoms with Crippen molar-refractivity contribution < 1.29 is 22.4 Å². The molecule has 0 radical (unpaired) electrons. The first-order valence-corrected chi connectivity index (χ1v) is 11.9.